The third kappa shape index (κ3) is 3.78. The molecular formula is C16H20N2O5S2. The zero-order chi connectivity index (χ0) is 18.0. The lowest BCUT2D eigenvalue weighted by atomic mass is 10.0. The minimum Gasteiger partial charge on any atom is -0.466 e. The summed E-state index contributed by atoms with van der Waals surface area (Å²) in [6.45, 7) is 4.42. The van der Waals surface area contributed by atoms with Crippen molar-refractivity contribution in [3.63, 3.8) is 0 Å². The normalized spacial score (nSPS) is 19.0. The lowest BCUT2D eigenvalue weighted by Gasteiger charge is -2.30. The van der Waals surface area contributed by atoms with Crippen LogP contribution in [0.25, 0.3) is 10.6 Å². The van der Waals surface area contributed by atoms with Crippen molar-refractivity contribution in [1.82, 2.24) is 9.46 Å². The summed E-state index contributed by atoms with van der Waals surface area (Å²) in [7, 11) is -3.64. The molecule has 2 aromatic heterocycles. The summed E-state index contributed by atoms with van der Waals surface area (Å²) in [5.41, 5.74) is 0.737. The topological polar surface area (TPSA) is 89.7 Å². The molecule has 3 heterocycles. The van der Waals surface area contributed by atoms with E-state index in [0.29, 0.717) is 36.6 Å². The highest BCUT2D eigenvalue weighted by atomic mass is 32.2. The molecule has 0 N–H and O–H groups in total. The van der Waals surface area contributed by atoms with Crippen LogP contribution in [0.4, 0.5) is 0 Å². The van der Waals surface area contributed by atoms with E-state index in [2.05, 4.69) is 5.16 Å². The van der Waals surface area contributed by atoms with Gasteiger partial charge in [0.1, 0.15) is 4.21 Å². The summed E-state index contributed by atoms with van der Waals surface area (Å²) in [5, 5.41) is 3.82. The van der Waals surface area contributed by atoms with Gasteiger partial charge in [0, 0.05) is 19.2 Å². The molecule has 7 nitrogen and oxygen atoms in total. The number of esters is 1. The summed E-state index contributed by atoms with van der Waals surface area (Å²) in [6, 6.07) is 5.05. The SMILES string of the molecule is CCOC(=O)[C@@H]1CCCN(S(=O)(=O)c2ccc(-c3cc(C)no3)s2)C1. The predicted molar refractivity (Wildman–Crippen MR) is 92.7 cm³/mol. The molecule has 1 atom stereocenters. The first kappa shape index (κ1) is 18.1. The molecule has 0 bridgehead atoms. The Bertz CT molecular complexity index is 856. The average molecular weight is 384 g/mol. The highest BCUT2D eigenvalue weighted by Gasteiger charge is 2.34. The van der Waals surface area contributed by atoms with Crippen molar-refractivity contribution in [3.8, 4) is 10.6 Å². The van der Waals surface area contributed by atoms with Crippen molar-refractivity contribution in [2.24, 2.45) is 5.92 Å². The quantitative estimate of drug-likeness (QED) is 0.736. The maximum atomic E-state index is 12.9. The molecule has 25 heavy (non-hydrogen) atoms. The molecule has 1 fully saturated rings. The fourth-order valence-corrected chi connectivity index (χ4v) is 5.74. The van der Waals surface area contributed by atoms with Crippen LogP contribution < -0.4 is 0 Å². The van der Waals surface area contributed by atoms with Crippen molar-refractivity contribution < 1.29 is 22.5 Å². The Kier molecular flexibility index (Phi) is 5.26. The number of sulfonamides is 1. The highest BCUT2D eigenvalue weighted by molar-refractivity contribution is 7.91. The first-order valence-corrected chi connectivity index (χ1v) is 10.4. The van der Waals surface area contributed by atoms with Crippen LogP contribution in [-0.2, 0) is 19.6 Å². The van der Waals surface area contributed by atoms with Gasteiger partial charge < -0.3 is 9.26 Å². The third-order valence-electron chi connectivity index (χ3n) is 4.05. The molecule has 3 rings (SSSR count). The van der Waals surface area contributed by atoms with Gasteiger partial charge in [-0.15, -0.1) is 11.3 Å². The van der Waals surface area contributed by atoms with Gasteiger partial charge in [0.25, 0.3) is 10.0 Å². The molecule has 0 amide bonds. The number of carbonyl (C=O) groups excluding carboxylic acids is 1. The van der Waals surface area contributed by atoms with E-state index >= 15 is 0 Å². The van der Waals surface area contributed by atoms with Crippen LogP contribution in [0.3, 0.4) is 0 Å². The maximum Gasteiger partial charge on any atom is 0.310 e. The molecule has 0 aromatic carbocycles. The monoisotopic (exact) mass is 384 g/mol. The number of nitrogens with zero attached hydrogens (tertiary/aromatic N) is 2. The van der Waals surface area contributed by atoms with Gasteiger partial charge in [-0.25, -0.2) is 8.42 Å². The number of aromatic nitrogens is 1. The fraction of sp³-hybridized carbons (Fsp3) is 0.500. The lowest BCUT2D eigenvalue weighted by molar-refractivity contribution is -0.149. The molecule has 1 saturated heterocycles. The molecule has 9 heteroatoms. The summed E-state index contributed by atoms with van der Waals surface area (Å²) in [4.78, 5) is 12.6. The minimum absolute atomic E-state index is 0.163. The lowest BCUT2D eigenvalue weighted by Crippen LogP contribution is -2.42. The zero-order valence-corrected chi connectivity index (χ0v) is 15.7. The molecule has 2 aromatic rings. The Morgan fingerprint density at radius 2 is 2.28 bits per heavy atom. The molecule has 136 valence electrons. The number of ether oxygens (including phenoxy) is 1. The summed E-state index contributed by atoms with van der Waals surface area (Å²) < 4.78 is 37.6. The Morgan fingerprint density at radius 1 is 1.48 bits per heavy atom. The Balaban J connectivity index is 1.79. The Labute approximate surface area is 150 Å². The van der Waals surface area contributed by atoms with E-state index in [4.69, 9.17) is 9.26 Å². The molecule has 1 aliphatic heterocycles. The fourth-order valence-electron chi connectivity index (χ4n) is 2.81. The Morgan fingerprint density at radius 3 is 2.96 bits per heavy atom. The number of carbonyl (C=O) groups is 1. The van der Waals surface area contributed by atoms with E-state index in [1.807, 2.05) is 6.92 Å². The van der Waals surface area contributed by atoms with Crippen LogP contribution in [0.5, 0.6) is 0 Å². The summed E-state index contributed by atoms with van der Waals surface area (Å²) in [6.07, 6.45) is 1.29. The summed E-state index contributed by atoms with van der Waals surface area (Å²) in [5.74, 6) is -0.182. The zero-order valence-electron chi connectivity index (χ0n) is 14.1. The van der Waals surface area contributed by atoms with Crippen molar-refractivity contribution in [1.29, 1.82) is 0 Å². The van der Waals surface area contributed by atoms with E-state index in [-0.39, 0.29) is 16.7 Å². The van der Waals surface area contributed by atoms with Crippen LogP contribution in [0.1, 0.15) is 25.5 Å². The van der Waals surface area contributed by atoms with E-state index in [9.17, 15) is 13.2 Å². The smallest absolute Gasteiger partial charge is 0.310 e. The van der Waals surface area contributed by atoms with Crippen LogP contribution in [0.2, 0.25) is 0 Å². The molecule has 0 spiro atoms. The van der Waals surface area contributed by atoms with Gasteiger partial charge in [-0.1, -0.05) is 5.16 Å². The standard InChI is InChI=1S/C16H20N2O5S2/c1-3-22-16(19)12-5-4-8-18(10-12)25(20,21)15-7-6-14(24-15)13-9-11(2)17-23-13/h6-7,9,12H,3-5,8,10H2,1-2H3/t12-/m1/s1. The van der Waals surface area contributed by atoms with Crippen LogP contribution in [0, 0.1) is 12.8 Å². The van der Waals surface area contributed by atoms with Gasteiger partial charge in [0.15, 0.2) is 5.76 Å². The molecule has 0 unspecified atom stereocenters. The van der Waals surface area contributed by atoms with Gasteiger partial charge >= 0.3 is 5.97 Å². The molecule has 0 radical (unpaired) electrons. The molecule has 1 aliphatic rings. The second-order valence-electron chi connectivity index (χ2n) is 5.91. The number of hydrogen-bond donors (Lipinski definition) is 0. The van der Waals surface area contributed by atoms with Crippen LogP contribution >= 0.6 is 11.3 Å². The minimum atomic E-state index is -3.64. The molecule has 0 saturated carbocycles. The molecule has 0 aliphatic carbocycles. The number of piperidine rings is 1. The van der Waals surface area contributed by atoms with E-state index in [1.165, 1.54) is 4.31 Å². The van der Waals surface area contributed by atoms with Gasteiger partial charge in [0.2, 0.25) is 0 Å². The van der Waals surface area contributed by atoms with E-state index in [1.54, 1.807) is 25.1 Å². The van der Waals surface area contributed by atoms with E-state index < -0.39 is 15.9 Å². The van der Waals surface area contributed by atoms with Crippen molar-refractivity contribution in [3.05, 3.63) is 23.9 Å². The van der Waals surface area contributed by atoms with Crippen LogP contribution in [0.15, 0.2) is 26.9 Å². The van der Waals surface area contributed by atoms with E-state index in [0.717, 1.165) is 17.0 Å². The van der Waals surface area contributed by atoms with Gasteiger partial charge in [0.05, 0.1) is 23.1 Å². The number of rotatable bonds is 5. The predicted octanol–water partition coefficient (Wildman–Crippen LogP) is 2.68. The van der Waals surface area contributed by atoms with Crippen molar-refractivity contribution >= 4 is 27.3 Å². The first-order valence-electron chi connectivity index (χ1n) is 8.12. The maximum absolute atomic E-state index is 12.9. The van der Waals surface area contributed by atoms with Crippen LogP contribution in [-0.4, -0.2) is 43.5 Å². The molecular weight excluding hydrogens is 364 g/mol. The summed E-state index contributed by atoms with van der Waals surface area (Å²) >= 11 is 1.14. The third-order valence-corrected chi connectivity index (χ3v) is 7.48. The second kappa shape index (κ2) is 7.27. The number of thiophene rings is 1. The second-order valence-corrected chi connectivity index (χ2v) is 9.15. The van der Waals surface area contributed by atoms with Gasteiger partial charge in [-0.2, -0.15) is 4.31 Å². The van der Waals surface area contributed by atoms with Gasteiger partial charge in [-0.05, 0) is 38.8 Å². The first-order chi connectivity index (χ1) is 11.9. The average Bonchev–Trinajstić information content (AvgIpc) is 3.24. The van der Waals surface area contributed by atoms with Crippen molar-refractivity contribution in [2.45, 2.75) is 30.9 Å². The number of aryl methyl sites for hydroxylation is 1. The van der Waals surface area contributed by atoms with Crippen molar-refractivity contribution in [2.75, 3.05) is 19.7 Å². The number of hydrogen-bond acceptors (Lipinski definition) is 7. The Hall–Kier alpha value is -1.71. The largest absolute Gasteiger partial charge is 0.466 e. The van der Waals surface area contributed by atoms with Gasteiger partial charge in [-0.3, -0.25) is 4.79 Å². The highest BCUT2D eigenvalue weighted by Crippen LogP contribution is 2.34.